The Morgan fingerprint density at radius 3 is 2.84 bits per heavy atom. The Bertz CT molecular complexity index is 1280. The molecule has 4 heterocycles. The fraction of sp³-hybridized carbons (Fsp3) is 0.526. The number of carbonyl (C=O) groups is 3. The molecular weight excluding hydrogens is 558 g/mol. The molecule has 0 bridgehead atoms. The van der Waals surface area contributed by atoms with Crippen LogP contribution in [-0.4, -0.2) is 119 Å². The summed E-state index contributed by atoms with van der Waals surface area (Å²) in [7, 11) is 5.22. The number of hydrogen-bond donors (Lipinski definition) is 3. The lowest BCUT2D eigenvalue weighted by Crippen LogP contribution is -2.71. The second-order valence-electron chi connectivity index (χ2n) is 8.33. The number of amides is 2. The van der Waals surface area contributed by atoms with Gasteiger partial charge in [0.05, 0.1) is 0 Å². The van der Waals surface area contributed by atoms with Crippen molar-refractivity contribution >= 4 is 63.7 Å². The number of anilines is 1. The maximum Gasteiger partial charge on any atom is 0.352 e. The van der Waals surface area contributed by atoms with Crippen LogP contribution in [0, 0.1) is 0 Å². The quantitative estimate of drug-likeness (QED) is 0.118. The van der Waals surface area contributed by atoms with Crippen molar-refractivity contribution in [2.45, 2.75) is 29.5 Å². The summed E-state index contributed by atoms with van der Waals surface area (Å²) in [6.07, 6.45) is 0.852. The molecule has 0 spiro atoms. The smallest absolute Gasteiger partial charge is 0.352 e. The Morgan fingerprint density at radius 2 is 2.18 bits per heavy atom. The largest absolute Gasteiger partial charge is 0.477 e. The standard InChI is InChI=1S/C19H25N11O5S3/c1-28(2)5-4-6-29-19(23-26-27-29)37-8-9-7-36-16-11(15(32)30(16)12(9)17(33)34)21-14(31)10(24-35-3)13-22-18(20)38-25-13/h11,16H,4-8H2,1-3H3,(H,21,31)(H,33,34)(H2,20,22,25)/b24-10+/t11?,16-/m1/s1. The number of carboxylic acid groups (broad SMARTS) is 1. The molecule has 1 fully saturated rings. The van der Waals surface area contributed by atoms with Crippen molar-refractivity contribution in [2.24, 2.45) is 5.16 Å². The van der Waals surface area contributed by atoms with Crippen LogP contribution in [0.15, 0.2) is 21.6 Å². The van der Waals surface area contributed by atoms with Crippen molar-refractivity contribution in [3.8, 4) is 0 Å². The van der Waals surface area contributed by atoms with E-state index in [4.69, 9.17) is 10.6 Å². The number of tetrazole rings is 1. The molecule has 0 saturated carbocycles. The molecule has 1 saturated heterocycles. The second kappa shape index (κ2) is 12.0. The maximum atomic E-state index is 13.0. The van der Waals surface area contributed by atoms with Crippen molar-refractivity contribution < 1.29 is 24.3 Å². The van der Waals surface area contributed by atoms with E-state index >= 15 is 0 Å². The fourth-order valence-electron chi connectivity index (χ4n) is 3.74. The van der Waals surface area contributed by atoms with Gasteiger partial charge in [0.25, 0.3) is 11.8 Å². The van der Waals surface area contributed by atoms with Gasteiger partial charge in [-0.05, 0) is 43.1 Å². The molecule has 2 aromatic heterocycles. The first-order chi connectivity index (χ1) is 18.2. The van der Waals surface area contributed by atoms with Crippen LogP contribution in [0.5, 0.6) is 0 Å². The van der Waals surface area contributed by atoms with Crippen LogP contribution >= 0.6 is 35.1 Å². The second-order valence-corrected chi connectivity index (χ2v) is 11.2. The maximum absolute atomic E-state index is 13.0. The molecular formula is C19H25N11O5S3. The number of hydrogen-bond acceptors (Lipinski definition) is 15. The van der Waals surface area contributed by atoms with Crippen LogP contribution in [0.25, 0.3) is 0 Å². The minimum absolute atomic E-state index is 0.0405. The normalized spacial score (nSPS) is 19.4. The Labute approximate surface area is 229 Å². The molecule has 38 heavy (non-hydrogen) atoms. The van der Waals surface area contributed by atoms with E-state index in [0.717, 1.165) is 24.5 Å². The van der Waals surface area contributed by atoms with Crippen LogP contribution in [0.2, 0.25) is 0 Å². The summed E-state index contributed by atoms with van der Waals surface area (Å²) in [6.45, 7) is 1.50. The van der Waals surface area contributed by atoms with Crippen LogP contribution in [-0.2, 0) is 25.8 Å². The molecule has 0 aromatic carbocycles. The lowest BCUT2D eigenvalue weighted by atomic mass is 10.0. The zero-order valence-corrected chi connectivity index (χ0v) is 23.0. The van der Waals surface area contributed by atoms with Crippen molar-refractivity contribution in [1.82, 2.24) is 44.7 Å². The van der Waals surface area contributed by atoms with Crippen molar-refractivity contribution in [3.63, 3.8) is 0 Å². The van der Waals surface area contributed by atoms with E-state index in [2.05, 4.69) is 40.3 Å². The predicted octanol–water partition coefficient (Wildman–Crippen LogP) is -1.06. The van der Waals surface area contributed by atoms with E-state index < -0.39 is 29.2 Å². The van der Waals surface area contributed by atoms with Crippen LogP contribution < -0.4 is 11.1 Å². The number of aromatic nitrogens is 6. The highest BCUT2D eigenvalue weighted by atomic mass is 32.2. The average Bonchev–Trinajstić information content (AvgIpc) is 3.51. The number of thioether (sulfide) groups is 2. The number of fused-ring (bicyclic) bond motifs is 1. The number of carboxylic acids is 1. The highest BCUT2D eigenvalue weighted by Crippen LogP contribution is 2.41. The number of nitrogens with zero attached hydrogens (tertiary/aromatic N) is 9. The van der Waals surface area contributed by atoms with Gasteiger partial charge >= 0.3 is 5.97 Å². The number of nitrogens with two attached hydrogens (primary N) is 1. The molecule has 4 rings (SSSR count). The van der Waals surface area contributed by atoms with Crippen LogP contribution in [0.4, 0.5) is 5.13 Å². The van der Waals surface area contributed by atoms with E-state index in [0.29, 0.717) is 23.0 Å². The van der Waals surface area contributed by atoms with E-state index in [1.54, 1.807) is 4.68 Å². The van der Waals surface area contributed by atoms with Gasteiger partial charge < -0.3 is 25.9 Å². The van der Waals surface area contributed by atoms with Crippen LogP contribution in [0.1, 0.15) is 12.2 Å². The van der Waals surface area contributed by atoms with Gasteiger partial charge in [-0.15, -0.1) is 16.9 Å². The third-order valence-electron chi connectivity index (χ3n) is 5.44. The van der Waals surface area contributed by atoms with E-state index in [1.165, 1.54) is 35.5 Å². The van der Waals surface area contributed by atoms with Gasteiger partial charge in [-0.25, -0.2) is 9.48 Å². The molecule has 0 radical (unpaired) electrons. The molecule has 16 nitrogen and oxygen atoms in total. The highest BCUT2D eigenvalue weighted by Gasteiger charge is 2.54. The van der Waals surface area contributed by atoms with Crippen LogP contribution in [0.3, 0.4) is 0 Å². The summed E-state index contributed by atoms with van der Waals surface area (Å²) in [4.78, 5) is 49.9. The Hall–Kier alpha value is -3.29. The number of rotatable bonds is 12. The minimum atomic E-state index is -1.22. The van der Waals surface area contributed by atoms with Crippen molar-refractivity contribution in [1.29, 1.82) is 0 Å². The Kier molecular flexibility index (Phi) is 8.80. The van der Waals surface area contributed by atoms with Crippen molar-refractivity contribution in [3.05, 3.63) is 17.1 Å². The summed E-state index contributed by atoms with van der Waals surface area (Å²) in [5.74, 6) is -1.92. The highest BCUT2D eigenvalue weighted by molar-refractivity contribution is 8.01. The SMILES string of the molecule is CO/N=C(/C(=O)NC1C(=O)N2C(C(=O)O)=C(CSc3nnnn3CCCN(C)C)CS[C@H]12)c1nsc(N)n1. The average molecular weight is 584 g/mol. The molecule has 204 valence electrons. The molecule has 2 aromatic rings. The third kappa shape index (κ3) is 5.89. The van der Waals surface area contributed by atoms with Gasteiger partial charge in [0, 0.05) is 29.6 Å². The van der Waals surface area contributed by atoms with Gasteiger partial charge in [0.2, 0.25) is 16.7 Å². The third-order valence-corrected chi connectivity index (χ3v) is 8.36. The molecule has 2 aliphatic heterocycles. The minimum Gasteiger partial charge on any atom is -0.477 e. The first kappa shape index (κ1) is 27.7. The Balaban J connectivity index is 1.44. The number of nitrogen functional groups attached to an aromatic ring is 1. The summed E-state index contributed by atoms with van der Waals surface area (Å²) in [5.41, 5.74) is 5.81. The van der Waals surface area contributed by atoms with Gasteiger partial charge in [-0.3, -0.25) is 14.5 Å². The fourth-order valence-corrected chi connectivity index (χ4v) is 6.56. The molecule has 2 atom stereocenters. The van der Waals surface area contributed by atoms with E-state index in [9.17, 15) is 19.5 Å². The van der Waals surface area contributed by atoms with E-state index in [-0.39, 0.29) is 28.1 Å². The summed E-state index contributed by atoms with van der Waals surface area (Å²) in [5, 5.41) is 28.1. The summed E-state index contributed by atoms with van der Waals surface area (Å²) < 4.78 is 5.63. The zero-order valence-electron chi connectivity index (χ0n) is 20.6. The first-order valence-electron chi connectivity index (χ1n) is 11.2. The summed E-state index contributed by atoms with van der Waals surface area (Å²) >= 11 is 3.54. The number of carbonyl (C=O) groups excluding carboxylic acids is 2. The first-order valence-corrected chi connectivity index (χ1v) is 14.0. The van der Waals surface area contributed by atoms with Crippen molar-refractivity contribution in [2.75, 3.05) is 45.0 Å². The number of oxime groups is 1. The molecule has 4 N–H and O–H groups in total. The lowest BCUT2D eigenvalue weighted by Gasteiger charge is -2.49. The van der Waals surface area contributed by atoms with Gasteiger partial charge in [0.1, 0.15) is 24.2 Å². The molecule has 0 aliphatic carbocycles. The lowest BCUT2D eigenvalue weighted by molar-refractivity contribution is -0.150. The molecule has 1 unspecified atom stereocenters. The number of aliphatic carboxylic acids is 1. The zero-order chi connectivity index (χ0) is 27.4. The van der Waals surface area contributed by atoms with E-state index in [1.807, 2.05) is 14.1 Å². The molecule has 19 heteroatoms. The number of nitrogens with one attached hydrogen (secondary N) is 1. The molecule has 2 aliphatic rings. The monoisotopic (exact) mass is 583 g/mol. The summed E-state index contributed by atoms with van der Waals surface area (Å²) in [6, 6.07) is -0.960. The Morgan fingerprint density at radius 1 is 1.39 bits per heavy atom. The van der Waals surface area contributed by atoms with Gasteiger partial charge in [-0.1, -0.05) is 16.9 Å². The number of β-lactam (4-membered cyclic amide) rings is 1. The topological polar surface area (TPSA) is 207 Å². The number of aryl methyl sites for hydroxylation is 1. The van der Waals surface area contributed by atoms with Gasteiger partial charge in [0.15, 0.2) is 5.13 Å². The molecule has 2 amide bonds. The van der Waals surface area contributed by atoms with Gasteiger partial charge in [-0.2, -0.15) is 9.36 Å². The predicted molar refractivity (Wildman–Crippen MR) is 139 cm³/mol.